The minimum atomic E-state index is -0.153. The highest BCUT2D eigenvalue weighted by Crippen LogP contribution is 2.33. The van der Waals surface area contributed by atoms with Crippen molar-refractivity contribution in [3.63, 3.8) is 0 Å². The fourth-order valence-electron chi connectivity index (χ4n) is 3.21. The summed E-state index contributed by atoms with van der Waals surface area (Å²) in [5.41, 5.74) is 1.36. The first-order valence-electron chi connectivity index (χ1n) is 9.51. The van der Waals surface area contributed by atoms with Crippen LogP contribution in [0.15, 0.2) is 65.1 Å². The largest absolute Gasteiger partial charge is 0.493 e. The molecular formula is C22H21N5O3S. The van der Waals surface area contributed by atoms with Gasteiger partial charge in [0.1, 0.15) is 5.82 Å². The summed E-state index contributed by atoms with van der Waals surface area (Å²) in [5.74, 6) is 2.96. The summed E-state index contributed by atoms with van der Waals surface area (Å²) in [4.78, 5) is 19.7. The zero-order valence-electron chi connectivity index (χ0n) is 17.2. The molecule has 31 heavy (non-hydrogen) atoms. The first-order valence-corrected chi connectivity index (χ1v) is 10.5. The summed E-state index contributed by atoms with van der Waals surface area (Å²) >= 11 is 1.44. The van der Waals surface area contributed by atoms with E-state index in [1.165, 1.54) is 11.8 Å². The van der Waals surface area contributed by atoms with Crippen LogP contribution in [0.4, 0.5) is 0 Å². The van der Waals surface area contributed by atoms with Gasteiger partial charge in [-0.25, -0.2) is 4.98 Å². The number of hydrogen-bond donors (Lipinski definition) is 1. The fraction of sp³-hybridized carbons (Fsp3) is 0.182. The van der Waals surface area contributed by atoms with Crippen LogP contribution in [0, 0.1) is 0 Å². The van der Waals surface area contributed by atoms with Gasteiger partial charge in [-0.15, -0.1) is 16.8 Å². The van der Waals surface area contributed by atoms with Gasteiger partial charge in [-0.3, -0.25) is 9.36 Å². The molecule has 0 amide bonds. The van der Waals surface area contributed by atoms with Gasteiger partial charge in [-0.1, -0.05) is 30.0 Å². The van der Waals surface area contributed by atoms with Crippen LogP contribution in [0.5, 0.6) is 11.5 Å². The molecule has 0 radical (unpaired) electrons. The summed E-state index contributed by atoms with van der Waals surface area (Å²) in [5, 5.41) is 9.98. The number of thioether (sulfide) groups is 1. The topological polar surface area (TPSA) is 94.9 Å². The predicted octanol–water partition coefficient (Wildman–Crippen LogP) is 3.68. The molecule has 4 rings (SSSR count). The predicted molar refractivity (Wildman–Crippen MR) is 121 cm³/mol. The minimum Gasteiger partial charge on any atom is -0.493 e. The molecule has 0 fully saturated rings. The lowest BCUT2D eigenvalue weighted by atomic mass is 10.2. The Morgan fingerprint density at radius 2 is 1.94 bits per heavy atom. The van der Waals surface area contributed by atoms with Crippen molar-refractivity contribution in [2.75, 3.05) is 14.2 Å². The second kappa shape index (κ2) is 9.05. The molecule has 0 saturated carbocycles. The quantitative estimate of drug-likeness (QED) is 0.333. The maximum absolute atomic E-state index is 12.3. The second-order valence-corrected chi connectivity index (χ2v) is 7.54. The van der Waals surface area contributed by atoms with Gasteiger partial charge in [-0.05, 0) is 30.3 Å². The van der Waals surface area contributed by atoms with E-state index in [9.17, 15) is 4.79 Å². The van der Waals surface area contributed by atoms with E-state index in [-0.39, 0.29) is 5.56 Å². The number of aromatic amines is 1. The van der Waals surface area contributed by atoms with Crippen molar-refractivity contribution in [3.8, 4) is 22.9 Å². The molecule has 2 aromatic carbocycles. The molecule has 0 saturated heterocycles. The third kappa shape index (κ3) is 4.17. The summed E-state index contributed by atoms with van der Waals surface area (Å²) < 4.78 is 12.7. The lowest BCUT2D eigenvalue weighted by Crippen LogP contribution is -2.11. The summed E-state index contributed by atoms with van der Waals surface area (Å²) in [7, 11) is 3.19. The molecule has 0 bridgehead atoms. The molecule has 1 N–H and O–H groups in total. The van der Waals surface area contributed by atoms with Crippen LogP contribution in [0.2, 0.25) is 0 Å². The average molecular weight is 436 g/mol. The molecule has 2 heterocycles. The first kappa shape index (κ1) is 20.7. The molecule has 0 spiro atoms. The number of nitrogens with one attached hydrogen (secondary N) is 1. The van der Waals surface area contributed by atoms with E-state index in [0.29, 0.717) is 51.5 Å². The van der Waals surface area contributed by atoms with Gasteiger partial charge in [0.15, 0.2) is 22.5 Å². The molecule has 8 nitrogen and oxygen atoms in total. The summed E-state index contributed by atoms with van der Waals surface area (Å²) in [6.07, 6.45) is 1.79. The van der Waals surface area contributed by atoms with Gasteiger partial charge in [0.05, 0.1) is 30.9 Å². The standard InChI is InChI=1S/C22H21N5O3S/c1-4-11-27-20(14-9-10-17(29-2)18(12-14)30-3)25-26-22(27)31-13-19-23-16-8-6-5-7-15(16)21(28)24-19/h4-10,12H,1,11,13H2,2-3H3,(H,23,24,28). The van der Waals surface area contributed by atoms with Crippen molar-refractivity contribution >= 4 is 22.7 Å². The van der Waals surface area contributed by atoms with E-state index < -0.39 is 0 Å². The van der Waals surface area contributed by atoms with Crippen LogP contribution in [-0.2, 0) is 12.3 Å². The third-order valence-corrected chi connectivity index (χ3v) is 5.65. The van der Waals surface area contributed by atoms with E-state index in [4.69, 9.17) is 9.47 Å². The summed E-state index contributed by atoms with van der Waals surface area (Å²) in [6.45, 7) is 4.37. The van der Waals surface area contributed by atoms with Gasteiger partial charge in [0.2, 0.25) is 0 Å². The lowest BCUT2D eigenvalue weighted by Gasteiger charge is -2.11. The van der Waals surface area contributed by atoms with Gasteiger partial charge in [0.25, 0.3) is 5.56 Å². The number of rotatable bonds is 8. The summed E-state index contributed by atoms with van der Waals surface area (Å²) in [6, 6.07) is 12.9. The lowest BCUT2D eigenvalue weighted by molar-refractivity contribution is 0.355. The zero-order chi connectivity index (χ0) is 21.8. The Kier molecular flexibility index (Phi) is 6.03. The van der Waals surface area contributed by atoms with Crippen LogP contribution in [0.3, 0.4) is 0 Å². The number of allylic oxidation sites excluding steroid dienone is 1. The van der Waals surface area contributed by atoms with Gasteiger partial charge < -0.3 is 14.5 Å². The van der Waals surface area contributed by atoms with E-state index in [2.05, 4.69) is 26.7 Å². The van der Waals surface area contributed by atoms with Crippen molar-refractivity contribution in [1.82, 2.24) is 24.7 Å². The maximum Gasteiger partial charge on any atom is 0.258 e. The molecular weight excluding hydrogens is 414 g/mol. The highest BCUT2D eigenvalue weighted by Gasteiger charge is 2.16. The van der Waals surface area contributed by atoms with Crippen LogP contribution < -0.4 is 15.0 Å². The number of ether oxygens (including phenoxy) is 2. The maximum atomic E-state index is 12.3. The van der Waals surface area contributed by atoms with Crippen molar-refractivity contribution in [3.05, 3.63) is 71.3 Å². The Bertz CT molecular complexity index is 1300. The molecule has 0 unspecified atom stereocenters. The number of benzene rings is 2. The van der Waals surface area contributed by atoms with E-state index >= 15 is 0 Å². The Balaban J connectivity index is 1.64. The van der Waals surface area contributed by atoms with Crippen molar-refractivity contribution < 1.29 is 9.47 Å². The van der Waals surface area contributed by atoms with E-state index in [1.807, 2.05) is 41.0 Å². The van der Waals surface area contributed by atoms with Gasteiger partial charge in [0, 0.05) is 12.1 Å². The minimum absolute atomic E-state index is 0.153. The molecule has 4 aromatic rings. The molecule has 158 valence electrons. The molecule has 0 aliphatic rings. The monoisotopic (exact) mass is 435 g/mol. The number of nitrogens with zero attached hydrogens (tertiary/aromatic N) is 4. The Hall–Kier alpha value is -3.59. The normalized spacial score (nSPS) is 10.9. The van der Waals surface area contributed by atoms with Crippen molar-refractivity contribution in [2.45, 2.75) is 17.5 Å². The molecule has 9 heteroatoms. The molecule has 0 atom stereocenters. The van der Waals surface area contributed by atoms with Crippen LogP contribution in [-0.4, -0.2) is 39.0 Å². The third-order valence-electron chi connectivity index (χ3n) is 4.67. The van der Waals surface area contributed by atoms with E-state index in [1.54, 1.807) is 26.4 Å². The van der Waals surface area contributed by atoms with Crippen LogP contribution >= 0.6 is 11.8 Å². The van der Waals surface area contributed by atoms with Gasteiger partial charge in [-0.2, -0.15) is 0 Å². The van der Waals surface area contributed by atoms with Crippen LogP contribution in [0.1, 0.15) is 5.82 Å². The number of fused-ring (bicyclic) bond motifs is 1. The number of H-pyrrole nitrogens is 1. The van der Waals surface area contributed by atoms with Crippen LogP contribution in [0.25, 0.3) is 22.3 Å². The highest BCUT2D eigenvalue weighted by molar-refractivity contribution is 7.98. The van der Waals surface area contributed by atoms with Crippen molar-refractivity contribution in [2.24, 2.45) is 0 Å². The van der Waals surface area contributed by atoms with E-state index in [0.717, 1.165) is 5.56 Å². The Morgan fingerprint density at radius 3 is 2.71 bits per heavy atom. The van der Waals surface area contributed by atoms with Gasteiger partial charge >= 0.3 is 0 Å². The Morgan fingerprint density at radius 1 is 1.13 bits per heavy atom. The first-order chi connectivity index (χ1) is 15.1. The second-order valence-electron chi connectivity index (χ2n) is 6.59. The molecule has 0 aliphatic carbocycles. The number of methoxy groups -OCH3 is 2. The van der Waals surface area contributed by atoms with Crippen molar-refractivity contribution in [1.29, 1.82) is 0 Å². The molecule has 0 aliphatic heterocycles. The average Bonchev–Trinajstić information content (AvgIpc) is 3.20. The Labute approximate surface area is 183 Å². The number of hydrogen-bond acceptors (Lipinski definition) is 7. The fourth-order valence-corrected chi connectivity index (χ4v) is 4.03. The number of para-hydroxylation sites is 1. The smallest absolute Gasteiger partial charge is 0.258 e. The SMILES string of the molecule is C=CCn1c(SCc2nc3ccccc3c(=O)[nH]2)nnc1-c1ccc(OC)c(OC)c1. The number of aromatic nitrogens is 5. The molecule has 2 aromatic heterocycles. The highest BCUT2D eigenvalue weighted by atomic mass is 32.2. The zero-order valence-corrected chi connectivity index (χ0v) is 18.0.